The maximum absolute atomic E-state index is 14.9. The number of amides is 1. The molecule has 1 unspecified atom stereocenters. The van der Waals surface area contributed by atoms with Crippen molar-refractivity contribution >= 4 is 28.6 Å². The zero-order valence-corrected chi connectivity index (χ0v) is 17.7. The maximum Gasteiger partial charge on any atom is 0.247 e. The first-order chi connectivity index (χ1) is 14.6. The Bertz CT molecular complexity index is 1050. The van der Waals surface area contributed by atoms with Gasteiger partial charge in [0.1, 0.15) is 11.4 Å². The number of halogens is 1. The van der Waals surface area contributed by atoms with Crippen LogP contribution in [-0.2, 0) is 4.79 Å². The van der Waals surface area contributed by atoms with E-state index in [4.69, 9.17) is 0 Å². The van der Waals surface area contributed by atoms with Crippen molar-refractivity contribution in [1.82, 2.24) is 5.32 Å². The van der Waals surface area contributed by atoms with Crippen LogP contribution >= 0.6 is 11.3 Å². The highest BCUT2D eigenvalue weighted by Gasteiger charge is 2.53. The molecule has 5 rings (SSSR count). The average Bonchev–Trinajstić information content (AvgIpc) is 3.37. The van der Waals surface area contributed by atoms with Crippen LogP contribution in [-0.4, -0.2) is 30.7 Å². The van der Waals surface area contributed by atoms with Crippen molar-refractivity contribution in [2.45, 2.75) is 31.5 Å². The van der Waals surface area contributed by atoms with Crippen LogP contribution in [0.2, 0.25) is 0 Å². The fourth-order valence-electron chi connectivity index (χ4n) is 4.98. The summed E-state index contributed by atoms with van der Waals surface area (Å²) in [4.78, 5) is 17.4. The zero-order chi connectivity index (χ0) is 20.7. The van der Waals surface area contributed by atoms with Gasteiger partial charge in [-0.25, -0.2) is 4.39 Å². The number of nitrogens with one attached hydrogen (secondary N) is 1. The Hall–Kier alpha value is -2.86. The second-order valence-electron chi connectivity index (χ2n) is 8.02. The summed E-state index contributed by atoms with van der Waals surface area (Å²) in [6.45, 7) is 3.28. The second-order valence-corrected chi connectivity index (χ2v) is 8.80. The predicted molar refractivity (Wildman–Crippen MR) is 120 cm³/mol. The van der Waals surface area contributed by atoms with Crippen molar-refractivity contribution in [3.8, 4) is 11.1 Å². The monoisotopic (exact) mass is 421 g/mol. The number of benzene rings is 2. The van der Waals surface area contributed by atoms with Crippen LogP contribution in [0.25, 0.3) is 11.1 Å². The van der Waals surface area contributed by atoms with E-state index in [1.807, 2.05) is 48.0 Å². The maximum atomic E-state index is 14.9. The second kappa shape index (κ2) is 7.43. The van der Waals surface area contributed by atoms with Crippen LogP contribution in [0.15, 0.2) is 65.4 Å². The van der Waals surface area contributed by atoms with Gasteiger partial charge in [-0.2, -0.15) is 11.3 Å². The molecule has 4 nitrogen and oxygen atoms in total. The van der Waals surface area contributed by atoms with Gasteiger partial charge in [-0.3, -0.25) is 4.79 Å². The molecule has 3 aromatic rings. The third-order valence-corrected chi connectivity index (χ3v) is 7.05. The minimum Gasteiger partial charge on any atom is -0.368 e. The Labute approximate surface area is 179 Å². The number of anilines is 2. The number of thiophene rings is 1. The topological polar surface area (TPSA) is 35.6 Å². The van der Waals surface area contributed by atoms with Gasteiger partial charge in [0.2, 0.25) is 5.91 Å². The van der Waals surface area contributed by atoms with Gasteiger partial charge >= 0.3 is 0 Å². The Morgan fingerprint density at radius 1 is 1.07 bits per heavy atom. The van der Waals surface area contributed by atoms with Crippen LogP contribution in [0.5, 0.6) is 0 Å². The van der Waals surface area contributed by atoms with Gasteiger partial charge in [-0.05, 0) is 60.4 Å². The van der Waals surface area contributed by atoms with E-state index in [2.05, 4.69) is 27.2 Å². The van der Waals surface area contributed by atoms with Crippen LogP contribution in [0.3, 0.4) is 0 Å². The van der Waals surface area contributed by atoms with E-state index >= 15 is 0 Å². The van der Waals surface area contributed by atoms with Gasteiger partial charge in [0.05, 0.1) is 11.9 Å². The number of piperidine rings is 1. The standard InChI is InChI=1S/C24H24FN3OS/c1-17-26-23(29)24(28(17)19-6-3-2-4-7-19)11-13-27(14-12-24)22-20(8-5-9-21(22)25)18-10-15-30-16-18/h2-10,15-17H,11-14H2,1H3,(H,26,29). The molecule has 1 N–H and O–H groups in total. The lowest BCUT2D eigenvalue weighted by atomic mass is 9.85. The average molecular weight is 422 g/mol. The first-order valence-electron chi connectivity index (χ1n) is 10.3. The van der Waals surface area contributed by atoms with Gasteiger partial charge in [-0.15, -0.1) is 0 Å². The first kappa shape index (κ1) is 19.1. The molecule has 0 radical (unpaired) electrons. The molecule has 1 aromatic heterocycles. The molecule has 154 valence electrons. The molecule has 6 heteroatoms. The molecule has 3 heterocycles. The minimum absolute atomic E-state index is 0.0683. The minimum atomic E-state index is -0.592. The molecule has 0 saturated carbocycles. The summed E-state index contributed by atoms with van der Waals surface area (Å²) >= 11 is 1.61. The number of carbonyl (C=O) groups excluding carboxylic acids is 1. The zero-order valence-electron chi connectivity index (χ0n) is 16.8. The van der Waals surface area contributed by atoms with Gasteiger partial charge in [0.25, 0.3) is 0 Å². The molecule has 2 aliphatic heterocycles. The fraction of sp³-hybridized carbons (Fsp3) is 0.292. The van der Waals surface area contributed by atoms with Gasteiger partial charge in [-0.1, -0.05) is 30.3 Å². The highest BCUT2D eigenvalue weighted by Crippen LogP contribution is 2.42. The molecular weight excluding hydrogens is 397 g/mol. The lowest BCUT2D eigenvalue weighted by Crippen LogP contribution is -2.57. The summed E-state index contributed by atoms with van der Waals surface area (Å²) in [5, 5.41) is 7.18. The van der Waals surface area contributed by atoms with Crippen LogP contribution in [0, 0.1) is 5.82 Å². The predicted octanol–water partition coefficient (Wildman–Crippen LogP) is 4.88. The van der Waals surface area contributed by atoms with E-state index < -0.39 is 5.54 Å². The number of hydrogen-bond acceptors (Lipinski definition) is 4. The van der Waals surface area contributed by atoms with Crippen molar-refractivity contribution in [2.75, 3.05) is 22.9 Å². The lowest BCUT2D eigenvalue weighted by molar-refractivity contribution is -0.124. The quantitative estimate of drug-likeness (QED) is 0.655. The molecule has 0 bridgehead atoms. The molecule has 30 heavy (non-hydrogen) atoms. The Morgan fingerprint density at radius 3 is 2.53 bits per heavy atom. The molecular formula is C24H24FN3OS. The molecule has 2 aliphatic rings. The fourth-order valence-corrected chi connectivity index (χ4v) is 5.64. The highest BCUT2D eigenvalue weighted by molar-refractivity contribution is 7.08. The summed E-state index contributed by atoms with van der Waals surface area (Å²) < 4.78 is 14.9. The molecule has 1 atom stereocenters. The number of nitrogens with zero attached hydrogens (tertiary/aromatic N) is 2. The van der Waals surface area contributed by atoms with E-state index in [9.17, 15) is 9.18 Å². The van der Waals surface area contributed by atoms with Crippen molar-refractivity contribution in [1.29, 1.82) is 0 Å². The normalized spacial score (nSPS) is 20.6. The number of rotatable bonds is 3. The van der Waals surface area contributed by atoms with E-state index in [-0.39, 0.29) is 17.9 Å². The molecule has 0 aliphatic carbocycles. The molecule has 2 aromatic carbocycles. The first-order valence-corrected chi connectivity index (χ1v) is 11.3. The van der Waals surface area contributed by atoms with E-state index in [1.54, 1.807) is 17.4 Å². The third kappa shape index (κ3) is 2.98. The van der Waals surface area contributed by atoms with Gasteiger partial charge in [0.15, 0.2) is 0 Å². The Morgan fingerprint density at radius 2 is 1.83 bits per heavy atom. The van der Waals surface area contributed by atoms with Gasteiger partial charge in [0, 0.05) is 24.3 Å². The molecule has 2 saturated heterocycles. The SMILES string of the molecule is CC1NC(=O)C2(CCN(c3c(F)cccc3-c3ccsc3)CC2)N1c1ccccc1. The van der Waals surface area contributed by atoms with Gasteiger partial charge < -0.3 is 15.1 Å². The van der Waals surface area contributed by atoms with Crippen LogP contribution in [0.1, 0.15) is 19.8 Å². The molecule has 2 fully saturated rings. The number of hydrogen-bond donors (Lipinski definition) is 1. The summed E-state index contributed by atoms with van der Waals surface area (Å²) in [5.41, 5.74) is 3.04. The molecule has 1 amide bonds. The number of carbonyl (C=O) groups is 1. The summed E-state index contributed by atoms with van der Waals surface area (Å²) in [6, 6.07) is 17.4. The summed E-state index contributed by atoms with van der Waals surface area (Å²) in [7, 11) is 0. The smallest absolute Gasteiger partial charge is 0.247 e. The van der Waals surface area contributed by atoms with E-state index in [0.29, 0.717) is 31.6 Å². The number of para-hydroxylation sites is 2. The molecule has 1 spiro atoms. The third-order valence-electron chi connectivity index (χ3n) is 6.37. The summed E-state index contributed by atoms with van der Waals surface area (Å²) in [6.07, 6.45) is 1.23. The Kier molecular flexibility index (Phi) is 4.74. The van der Waals surface area contributed by atoms with Crippen molar-refractivity contribution in [2.24, 2.45) is 0 Å². The van der Waals surface area contributed by atoms with Crippen molar-refractivity contribution < 1.29 is 9.18 Å². The van der Waals surface area contributed by atoms with Crippen LogP contribution in [0.4, 0.5) is 15.8 Å². The highest BCUT2D eigenvalue weighted by atomic mass is 32.1. The van der Waals surface area contributed by atoms with E-state index in [0.717, 1.165) is 16.8 Å². The largest absolute Gasteiger partial charge is 0.368 e. The van der Waals surface area contributed by atoms with Crippen LogP contribution < -0.4 is 15.1 Å². The van der Waals surface area contributed by atoms with E-state index in [1.165, 1.54) is 6.07 Å². The van der Waals surface area contributed by atoms with Crippen molar-refractivity contribution in [3.63, 3.8) is 0 Å². The lowest BCUT2D eigenvalue weighted by Gasteiger charge is -2.45. The summed E-state index contributed by atoms with van der Waals surface area (Å²) in [5.74, 6) is -0.135. The Balaban J connectivity index is 1.46. The van der Waals surface area contributed by atoms with Crippen molar-refractivity contribution in [3.05, 3.63) is 71.2 Å².